The van der Waals surface area contributed by atoms with E-state index in [-0.39, 0.29) is 0 Å². The minimum Gasteiger partial charge on any atom is -0.384 e. The van der Waals surface area contributed by atoms with Crippen LogP contribution in [0.4, 0.5) is 5.82 Å². The minimum absolute atomic E-state index is 0.438. The summed E-state index contributed by atoms with van der Waals surface area (Å²) in [6.07, 6.45) is 8.48. The Balaban J connectivity index is 2.26. The van der Waals surface area contributed by atoms with Gasteiger partial charge in [0.1, 0.15) is 5.82 Å². The van der Waals surface area contributed by atoms with E-state index in [1.807, 2.05) is 0 Å². The van der Waals surface area contributed by atoms with Gasteiger partial charge in [0.2, 0.25) is 0 Å². The summed E-state index contributed by atoms with van der Waals surface area (Å²) in [7, 11) is 0. The van der Waals surface area contributed by atoms with Crippen molar-refractivity contribution < 1.29 is 0 Å². The van der Waals surface area contributed by atoms with Gasteiger partial charge < -0.3 is 5.73 Å². The molecule has 2 N–H and O–H groups in total. The fourth-order valence-electron chi connectivity index (χ4n) is 1.51. The maximum Gasteiger partial charge on any atom is 0.165 e. The van der Waals surface area contributed by atoms with Crippen LogP contribution in [0.15, 0.2) is 37.1 Å². The van der Waals surface area contributed by atoms with Crippen molar-refractivity contribution in [3.05, 3.63) is 37.1 Å². The molecular weight excluding hydrogens is 204 g/mol. The SMILES string of the molecule is Nc1ccnc(-c2cnn3ccncc23)n1. The third-order valence-corrected chi connectivity index (χ3v) is 2.24. The average Bonchev–Trinajstić information content (AvgIpc) is 2.72. The van der Waals surface area contributed by atoms with Crippen LogP contribution in [-0.2, 0) is 0 Å². The summed E-state index contributed by atoms with van der Waals surface area (Å²) in [4.78, 5) is 12.4. The topological polar surface area (TPSA) is 82.0 Å². The van der Waals surface area contributed by atoms with Crippen LogP contribution >= 0.6 is 0 Å². The fourth-order valence-corrected chi connectivity index (χ4v) is 1.51. The Labute approximate surface area is 90.8 Å². The van der Waals surface area contributed by atoms with Crippen LogP contribution in [0, 0.1) is 0 Å². The molecule has 0 saturated heterocycles. The third-order valence-electron chi connectivity index (χ3n) is 2.24. The van der Waals surface area contributed by atoms with Crippen LogP contribution in [0.25, 0.3) is 16.9 Å². The van der Waals surface area contributed by atoms with Crippen molar-refractivity contribution in [2.75, 3.05) is 5.73 Å². The van der Waals surface area contributed by atoms with E-state index in [9.17, 15) is 0 Å². The van der Waals surface area contributed by atoms with E-state index in [1.165, 1.54) is 0 Å². The maximum absolute atomic E-state index is 5.61. The molecule has 0 unspecified atom stereocenters. The smallest absolute Gasteiger partial charge is 0.165 e. The molecule has 0 aliphatic rings. The van der Waals surface area contributed by atoms with Crippen LogP contribution < -0.4 is 5.73 Å². The number of hydrogen-bond acceptors (Lipinski definition) is 5. The van der Waals surface area contributed by atoms with E-state index in [4.69, 9.17) is 5.73 Å². The molecular formula is C10H8N6. The van der Waals surface area contributed by atoms with E-state index >= 15 is 0 Å². The van der Waals surface area contributed by atoms with Crippen LogP contribution in [0.1, 0.15) is 0 Å². The first-order valence-corrected chi connectivity index (χ1v) is 4.71. The molecule has 0 fully saturated rings. The fraction of sp³-hybridized carbons (Fsp3) is 0. The number of nitrogen functional groups attached to an aromatic ring is 1. The number of fused-ring (bicyclic) bond motifs is 1. The minimum atomic E-state index is 0.438. The monoisotopic (exact) mass is 212 g/mol. The van der Waals surface area contributed by atoms with Gasteiger partial charge in [0.25, 0.3) is 0 Å². The van der Waals surface area contributed by atoms with Crippen molar-refractivity contribution in [3.8, 4) is 11.4 Å². The summed E-state index contributed by atoms with van der Waals surface area (Å²) in [5.41, 5.74) is 7.29. The van der Waals surface area contributed by atoms with Crippen LogP contribution in [-0.4, -0.2) is 24.6 Å². The van der Waals surface area contributed by atoms with E-state index < -0.39 is 0 Å². The highest BCUT2D eigenvalue weighted by Crippen LogP contribution is 2.20. The summed E-state index contributed by atoms with van der Waals surface area (Å²) in [6, 6.07) is 1.65. The van der Waals surface area contributed by atoms with Gasteiger partial charge in [-0.05, 0) is 6.07 Å². The van der Waals surface area contributed by atoms with Crippen molar-refractivity contribution in [2.24, 2.45) is 0 Å². The highest BCUT2D eigenvalue weighted by molar-refractivity contribution is 5.75. The molecule has 0 atom stereocenters. The molecule has 0 saturated carbocycles. The van der Waals surface area contributed by atoms with E-state index in [2.05, 4.69) is 20.1 Å². The molecule has 3 rings (SSSR count). The Morgan fingerprint density at radius 3 is 3.00 bits per heavy atom. The summed E-state index contributed by atoms with van der Waals surface area (Å²) in [6.45, 7) is 0. The summed E-state index contributed by atoms with van der Waals surface area (Å²) < 4.78 is 1.72. The van der Waals surface area contributed by atoms with Gasteiger partial charge in [-0.25, -0.2) is 14.5 Å². The first kappa shape index (κ1) is 8.78. The predicted octanol–water partition coefficient (Wildman–Crippen LogP) is 0.768. The molecule has 16 heavy (non-hydrogen) atoms. The second-order valence-electron chi connectivity index (χ2n) is 3.27. The lowest BCUT2D eigenvalue weighted by molar-refractivity contribution is 0.946. The molecule has 3 aromatic rings. The normalized spacial score (nSPS) is 10.8. The van der Waals surface area contributed by atoms with Gasteiger partial charge in [-0.3, -0.25) is 4.98 Å². The van der Waals surface area contributed by atoms with Gasteiger partial charge >= 0.3 is 0 Å². The molecule has 0 amide bonds. The summed E-state index contributed by atoms with van der Waals surface area (Å²) >= 11 is 0. The molecule has 6 heteroatoms. The molecule has 0 spiro atoms. The number of nitrogens with zero attached hydrogens (tertiary/aromatic N) is 5. The molecule has 0 aliphatic carbocycles. The zero-order valence-electron chi connectivity index (χ0n) is 8.28. The maximum atomic E-state index is 5.61. The van der Waals surface area contributed by atoms with Gasteiger partial charge in [-0.15, -0.1) is 0 Å². The van der Waals surface area contributed by atoms with Gasteiger partial charge in [0.15, 0.2) is 5.82 Å². The largest absolute Gasteiger partial charge is 0.384 e. The lowest BCUT2D eigenvalue weighted by Gasteiger charge is -1.98. The number of rotatable bonds is 1. The highest BCUT2D eigenvalue weighted by atomic mass is 15.2. The Morgan fingerprint density at radius 2 is 2.12 bits per heavy atom. The van der Waals surface area contributed by atoms with Gasteiger partial charge in [-0.2, -0.15) is 5.10 Å². The zero-order chi connectivity index (χ0) is 11.0. The molecule has 6 nitrogen and oxygen atoms in total. The lowest BCUT2D eigenvalue weighted by Crippen LogP contribution is -1.94. The number of aromatic nitrogens is 5. The summed E-state index contributed by atoms with van der Waals surface area (Å²) in [5.74, 6) is 0.997. The zero-order valence-corrected chi connectivity index (χ0v) is 8.28. The van der Waals surface area contributed by atoms with Crippen molar-refractivity contribution in [1.29, 1.82) is 0 Å². The first-order valence-electron chi connectivity index (χ1n) is 4.71. The van der Waals surface area contributed by atoms with Crippen LogP contribution in [0.5, 0.6) is 0 Å². The second-order valence-corrected chi connectivity index (χ2v) is 3.27. The van der Waals surface area contributed by atoms with Crippen molar-refractivity contribution in [3.63, 3.8) is 0 Å². The Hall–Kier alpha value is -2.50. The average molecular weight is 212 g/mol. The number of nitrogens with two attached hydrogens (primary N) is 1. The van der Waals surface area contributed by atoms with Gasteiger partial charge in [0.05, 0.1) is 23.5 Å². The van der Waals surface area contributed by atoms with Crippen LogP contribution in [0.2, 0.25) is 0 Å². The molecule has 3 aromatic heterocycles. The standard InChI is InChI=1S/C10H8N6/c11-9-1-2-13-10(15-9)7-5-14-16-4-3-12-6-8(7)16/h1-6H,(H2,11,13,15). The van der Waals surface area contributed by atoms with Crippen molar-refractivity contribution >= 4 is 11.3 Å². The third kappa shape index (κ3) is 1.28. The molecule has 0 aliphatic heterocycles. The number of hydrogen-bond donors (Lipinski definition) is 1. The highest BCUT2D eigenvalue weighted by Gasteiger charge is 2.08. The molecule has 3 heterocycles. The predicted molar refractivity (Wildman–Crippen MR) is 58.4 cm³/mol. The van der Waals surface area contributed by atoms with Crippen LogP contribution in [0.3, 0.4) is 0 Å². The van der Waals surface area contributed by atoms with E-state index in [1.54, 1.807) is 41.6 Å². The lowest BCUT2D eigenvalue weighted by atomic mass is 10.3. The Bertz CT molecular complexity index is 644. The molecule has 0 bridgehead atoms. The van der Waals surface area contributed by atoms with Gasteiger partial charge in [0, 0.05) is 18.6 Å². The molecule has 0 aromatic carbocycles. The first-order chi connectivity index (χ1) is 7.84. The summed E-state index contributed by atoms with van der Waals surface area (Å²) in [5, 5.41) is 4.18. The van der Waals surface area contributed by atoms with E-state index in [0.717, 1.165) is 11.1 Å². The molecule has 78 valence electrons. The second kappa shape index (κ2) is 3.27. The number of anilines is 1. The van der Waals surface area contributed by atoms with Gasteiger partial charge in [-0.1, -0.05) is 0 Å². The van der Waals surface area contributed by atoms with Crippen molar-refractivity contribution in [1.82, 2.24) is 24.6 Å². The Kier molecular flexibility index (Phi) is 1.79. The quantitative estimate of drug-likeness (QED) is 0.644. The van der Waals surface area contributed by atoms with Crippen molar-refractivity contribution in [2.45, 2.75) is 0 Å². The molecule has 0 radical (unpaired) electrons. The van der Waals surface area contributed by atoms with E-state index in [0.29, 0.717) is 11.6 Å². The Morgan fingerprint density at radius 1 is 1.19 bits per heavy atom.